The summed E-state index contributed by atoms with van der Waals surface area (Å²) in [5.74, 6) is -0.262. The van der Waals surface area contributed by atoms with Crippen LogP contribution in [0.3, 0.4) is 0 Å². The number of aromatic nitrogens is 5. The van der Waals surface area contributed by atoms with Crippen molar-refractivity contribution in [1.82, 2.24) is 29.9 Å². The smallest absolute Gasteiger partial charge is 0.266 e. The Morgan fingerprint density at radius 3 is 2.60 bits per heavy atom. The molecule has 1 aliphatic heterocycles. The molecule has 13 heteroatoms. The molecule has 0 unspecified atom stereocenters. The van der Waals surface area contributed by atoms with Gasteiger partial charge in [0.15, 0.2) is 0 Å². The molecule has 3 heterocycles. The van der Waals surface area contributed by atoms with Crippen LogP contribution < -0.4 is 10.6 Å². The van der Waals surface area contributed by atoms with Crippen LogP contribution in [0.15, 0.2) is 30.6 Å². The zero-order chi connectivity index (χ0) is 24.9. The van der Waals surface area contributed by atoms with Gasteiger partial charge < -0.3 is 20.3 Å². The Balaban J connectivity index is 1.22. The minimum Gasteiger partial charge on any atom is -0.370 e. The highest BCUT2D eigenvalue weighted by Crippen LogP contribution is 2.22. The number of nitrogens with two attached hydrogens (primary N) is 1. The van der Waals surface area contributed by atoms with Gasteiger partial charge in [-0.15, -0.1) is 5.10 Å². The van der Waals surface area contributed by atoms with Crippen LogP contribution in [0.2, 0.25) is 0 Å². The van der Waals surface area contributed by atoms with E-state index in [2.05, 4.69) is 20.3 Å². The van der Waals surface area contributed by atoms with Crippen LogP contribution in [-0.2, 0) is 16.1 Å². The summed E-state index contributed by atoms with van der Waals surface area (Å²) in [4.78, 5) is 35.7. The maximum Gasteiger partial charge on any atom is 0.266 e. The van der Waals surface area contributed by atoms with E-state index in [9.17, 15) is 18.4 Å². The van der Waals surface area contributed by atoms with Gasteiger partial charge in [-0.25, -0.2) is 23.4 Å². The van der Waals surface area contributed by atoms with E-state index in [4.69, 9.17) is 10.5 Å². The Morgan fingerprint density at radius 1 is 1.23 bits per heavy atom. The van der Waals surface area contributed by atoms with Crippen LogP contribution in [-0.4, -0.2) is 81.1 Å². The lowest BCUT2D eigenvalue weighted by Crippen LogP contribution is -2.47. The third-order valence-electron chi connectivity index (χ3n) is 6.07. The van der Waals surface area contributed by atoms with E-state index in [-0.39, 0.29) is 30.7 Å². The summed E-state index contributed by atoms with van der Waals surface area (Å²) in [6.07, 6.45) is 1.10. The number of piperidine rings is 1. The molecule has 35 heavy (non-hydrogen) atoms. The van der Waals surface area contributed by atoms with E-state index in [0.717, 1.165) is 12.4 Å². The summed E-state index contributed by atoms with van der Waals surface area (Å²) in [5.41, 5.74) is 6.78. The molecule has 0 bridgehead atoms. The van der Waals surface area contributed by atoms with Crippen molar-refractivity contribution in [2.45, 2.75) is 31.9 Å². The predicted molar refractivity (Wildman–Crippen MR) is 122 cm³/mol. The van der Waals surface area contributed by atoms with Gasteiger partial charge in [0.1, 0.15) is 12.1 Å². The highest BCUT2D eigenvalue weighted by atomic mass is 19.3. The first-order chi connectivity index (χ1) is 16.8. The monoisotopic (exact) mass is 488 g/mol. The van der Waals surface area contributed by atoms with E-state index in [1.165, 1.54) is 0 Å². The van der Waals surface area contributed by atoms with E-state index in [1.807, 2.05) is 4.90 Å². The lowest BCUT2D eigenvalue weighted by molar-refractivity contribution is -0.137. The third-order valence-corrected chi connectivity index (χ3v) is 6.07. The van der Waals surface area contributed by atoms with Gasteiger partial charge in [0.2, 0.25) is 17.8 Å². The quantitative estimate of drug-likeness (QED) is 0.447. The van der Waals surface area contributed by atoms with Crippen molar-refractivity contribution in [1.29, 1.82) is 0 Å². The number of likely N-dealkylation sites (N-methyl/N-ethyl adjacent to an activating group) is 1. The van der Waals surface area contributed by atoms with Gasteiger partial charge in [-0.3, -0.25) is 9.59 Å². The topological polar surface area (TPSA) is 132 Å². The number of ether oxygens (including phenoxy) is 1. The molecular formula is C22H26F2N8O3. The molecule has 0 radical (unpaired) electrons. The summed E-state index contributed by atoms with van der Waals surface area (Å²) in [6, 6.07) is 4.93. The van der Waals surface area contributed by atoms with Crippen LogP contribution in [0.4, 0.5) is 14.7 Å². The van der Waals surface area contributed by atoms with Gasteiger partial charge in [0.05, 0.1) is 24.2 Å². The number of carbonyl (C=O) groups is 2. The molecule has 2 N–H and O–H groups in total. The Morgan fingerprint density at radius 2 is 1.94 bits per heavy atom. The number of benzene rings is 1. The van der Waals surface area contributed by atoms with Crippen molar-refractivity contribution in [2.75, 3.05) is 38.3 Å². The molecule has 2 amide bonds. The Labute approximate surface area is 199 Å². The summed E-state index contributed by atoms with van der Waals surface area (Å²) in [7, 11) is 1.75. The highest BCUT2D eigenvalue weighted by molar-refractivity contribution is 5.96. The predicted octanol–water partition coefficient (Wildman–Crippen LogP) is 1.40. The normalized spacial score (nSPS) is 14.6. The maximum absolute atomic E-state index is 12.7. The van der Waals surface area contributed by atoms with E-state index in [1.54, 1.807) is 34.8 Å². The van der Waals surface area contributed by atoms with Gasteiger partial charge in [-0.2, -0.15) is 0 Å². The molecule has 0 saturated carbocycles. The number of anilines is 1. The number of halogens is 2. The van der Waals surface area contributed by atoms with Crippen molar-refractivity contribution >= 4 is 28.8 Å². The SMILES string of the molecule is CN(C(=O)COCCn1nnc2ccc(C(N)=O)cc21)C1CCN(c2ncc(C(F)F)cn2)CC1. The first-order valence-electron chi connectivity index (χ1n) is 11.1. The number of fused-ring (bicyclic) bond motifs is 1. The molecule has 11 nitrogen and oxygen atoms in total. The van der Waals surface area contributed by atoms with Gasteiger partial charge in [-0.1, -0.05) is 5.21 Å². The molecule has 1 aliphatic rings. The highest BCUT2D eigenvalue weighted by Gasteiger charge is 2.26. The van der Waals surface area contributed by atoms with Crippen LogP contribution in [0, 0.1) is 0 Å². The second-order valence-corrected chi connectivity index (χ2v) is 8.27. The molecule has 0 spiro atoms. The van der Waals surface area contributed by atoms with Crippen molar-refractivity contribution in [3.8, 4) is 0 Å². The minimum atomic E-state index is -2.60. The van der Waals surface area contributed by atoms with E-state index < -0.39 is 12.3 Å². The first kappa shape index (κ1) is 24.4. The lowest BCUT2D eigenvalue weighted by Gasteiger charge is -2.36. The van der Waals surface area contributed by atoms with Crippen molar-refractivity contribution < 1.29 is 23.1 Å². The molecule has 1 aromatic carbocycles. The average molecular weight is 488 g/mol. The van der Waals surface area contributed by atoms with Crippen molar-refractivity contribution in [2.24, 2.45) is 5.73 Å². The standard InChI is InChI=1S/C22H26F2N8O3/c1-30(16-4-6-31(7-5-16)22-26-11-15(12-27-22)20(23)24)19(33)13-35-9-8-32-18-10-14(21(25)34)2-3-17(18)28-29-32/h2-3,10-12,16,20H,4-9,13H2,1H3,(H2,25,34). The van der Waals surface area contributed by atoms with E-state index >= 15 is 0 Å². The van der Waals surface area contributed by atoms with Crippen molar-refractivity contribution in [3.63, 3.8) is 0 Å². The van der Waals surface area contributed by atoms with Gasteiger partial charge in [0, 0.05) is 44.1 Å². The van der Waals surface area contributed by atoms with Gasteiger partial charge in [-0.05, 0) is 31.0 Å². The first-order valence-corrected chi connectivity index (χ1v) is 11.1. The molecular weight excluding hydrogens is 462 g/mol. The molecule has 0 atom stereocenters. The zero-order valence-electron chi connectivity index (χ0n) is 19.2. The number of primary amides is 1. The van der Waals surface area contributed by atoms with Gasteiger partial charge in [0.25, 0.3) is 6.43 Å². The van der Waals surface area contributed by atoms with Crippen LogP contribution >= 0.6 is 0 Å². The molecule has 1 fully saturated rings. The lowest BCUT2D eigenvalue weighted by atomic mass is 10.0. The fraction of sp³-hybridized carbons (Fsp3) is 0.455. The summed E-state index contributed by atoms with van der Waals surface area (Å²) in [5, 5.41) is 8.10. The van der Waals surface area contributed by atoms with Crippen molar-refractivity contribution in [3.05, 3.63) is 41.7 Å². The Bertz CT molecular complexity index is 1180. The summed E-state index contributed by atoms with van der Waals surface area (Å²) >= 11 is 0. The number of rotatable bonds is 9. The van der Waals surface area contributed by atoms with Crippen LogP contribution in [0.5, 0.6) is 0 Å². The number of carbonyl (C=O) groups excluding carboxylic acids is 2. The van der Waals surface area contributed by atoms with E-state index in [0.29, 0.717) is 55.0 Å². The second kappa shape index (κ2) is 10.7. The fourth-order valence-electron chi connectivity index (χ4n) is 3.96. The zero-order valence-corrected chi connectivity index (χ0v) is 19.2. The minimum absolute atomic E-state index is 0.0363. The maximum atomic E-state index is 12.7. The third kappa shape index (κ3) is 5.67. The molecule has 1 saturated heterocycles. The Hall–Kier alpha value is -3.74. The second-order valence-electron chi connectivity index (χ2n) is 8.27. The number of alkyl halides is 2. The number of amides is 2. The van der Waals surface area contributed by atoms with Crippen LogP contribution in [0.1, 0.15) is 35.2 Å². The average Bonchev–Trinajstić information content (AvgIpc) is 3.28. The molecule has 2 aromatic heterocycles. The molecule has 3 aromatic rings. The fourth-order valence-corrected chi connectivity index (χ4v) is 3.96. The largest absolute Gasteiger partial charge is 0.370 e. The number of nitrogens with zero attached hydrogens (tertiary/aromatic N) is 7. The van der Waals surface area contributed by atoms with Crippen LogP contribution in [0.25, 0.3) is 11.0 Å². The number of hydrogen-bond donors (Lipinski definition) is 1. The number of hydrogen-bond acceptors (Lipinski definition) is 8. The Kier molecular flexibility index (Phi) is 7.44. The molecule has 186 valence electrons. The molecule has 0 aliphatic carbocycles. The summed E-state index contributed by atoms with van der Waals surface area (Å²) < 4.78 is 32.5. The van der Waals surface area contributed by atoms with Gasteiger partial charge >= 0.3 is 0 Å². The summed E-state index contributed by atoms with van der Waals surface area (Å²) in [6.45, 7) is 1.75. The molecule has 4 rings (SSSR count).